The number of nitrogens with zero attached hydrogens (tertiary/aromatic N) is 4. The summed E-state index contributed by atoms with van der Waals surface area (Å²) >= 11 is 0. The average molecular weight is 242 g/mol. The van der Waals surface area contributed by atoms with E-state index in [0.717, 1.165) is 0 Å². The Morgan fingerprint density at radius 3 is 2.72 bits per heavy atom. The van der Waals surface area contributed by atoms with Crippen LogP contribution in [0.5, 0.6) is 11.6 Å². The van der Waals surface area contributed by atoms with Crippen molar-refractivity contribution in [2.24, 2.45) is 0 Å². The molecule has 88 valence electrons. The number of carboxylic acids is 1. The number of hydrogen-bond donors (Lipinski definition) is 1. The predicted molar refractivity (Wildman–Crippen MR) is 58.0 cm³/mol. The Balaban J connectivity index is 2.20. The zero-order valence-corrected chi connectivity index (χ0v) is 8.94. The lowest BCUT2D eigenvalue weighted by Crippen LogP contribution is -1.98. The molecule has 0 saturated carbocycles. The van der Waals surface area contributed by atoms with E-state index >= 15 is 0 Å². The van der Waals surface area contributed by atoms with E-state index in [4.69, 9.17) is 15.1 Å². The van der Waals surface area contributed by atoms with Gasteiger partial charge in [-0.1, -0.05) is 0 Å². The summed E-state index contributed by atoms with van der Waals surface area (Å²) in [7, 11) is 0. The molecule has 0 bridgehead atoms. The number of ether oxygens (including phenoxy) is 1. The van der Waals surface area contributed by atoms with Gasteiger partial charge in [-0.25, -0.2) is 14.8 Å². The van der Waals surface area contributed by atoms with Crippen molar-refractivity contribution in [2.75, 3.05) is 0 Å². The predicted octanol–water partition coefficient (Wildman–Crippen LogP) is 1.23. The summed E-state index contributed by atoms with van der Waals surface area (Å²) in [6.45, 7) is 0. The van der Waals surface area contributed by atoms with Crippen LogP contribution in [0.25, 0.3) is 0 Å². The van der Waals surface area contributed by atoms with Crippen LogP contribution in [0.4, 0.5) is 0 Å². The molecule has 0 amide bonds. The van der Waals surface area contributed by atoms with E-state index < -0.39 is 5.97 Å². The Kier molecular flexibility index (Phi) is 3.11. The molecule has 0 saturated heterocycles. The van der Waals surface area contributed by atoms with Crippen LogP contribution < -0.4 is 4.74 Å². The number of pyridine rings is 1. The van der Waals surface area contributed by atoms with Gasteiger partial charge in [-0.3, -0.25) is 4.98 Å². The Labute approximate surface area is 101 Å². The molecule has 0 aromatic carbocycles. The van der Waals surface area contributed by atoms with Crippen molar-refractivity contribution in [3.05, 3.63) is 42.1 Å². The molecule has 0 aliphatic carbocycles. The van der Waals surface area contributed by atoms with E-state index in [-0.39, 0.29) is 22.9 Å². The third kappa shape index (κ3) is 2.56. The number of aromatic carboxylic acids is 1. The maximum atomic E-state index is 10.7. The maximum absolute atomic E-state index is 10.7. The molecule has 0 spiro atoms. The number of hydrogen-bond acceptors (Lipinski definition) is 6. The molecule has 2 rings (SSSR count). The van der Waals surface area contributed by atoms with Crippen LogP contribution >= 0.6 is 0 Å². The molecule has 0 aliphatic rings. The first-order valence-corrected chi connectivity index (χ1v) is 4.77. The quantitative estimate of drug-likeness (QED) is 0.861. The fourth-order valence-corrected chi connectivity index (χ4v) is 1.14. The third-order valence-corrected chi connectivity index (χ3v) is 1.93. The molecule has 0 unspecified atom stereocenters. The van der Waals surface area contributed by atoms with Crippen LogP contribution in [-0.2, 0) is 0 Å². The molecule has 7 nitrogen and oxygen atoms in total. The lowest BCUT2D eigenvalue weighted by molar-refractivity contribution is 0.0696. The van der Waals surface area contributed by atoms with E-state index in [9.17, 15) is 4.79 Å². The third-order valence-electron chi connectivity index (χ3n) is 1.93. The first-order chi connectivity index (χ1) is 8.69. The van der Waals surface area contributed by atoms with Crippen molar-refractivity contribution < 1.29 is 14.6 Å². The minimum absolute atomic E-state index is 0.00843. The fourth-order valence-electron chi connectivity index (χ4n) is 1.14. The molecule has 0 radical (unpaired) electrons. The van der Waals surface area contributed by atoms with Crippen molar-refractivity contribution in [2.45, 2.75) is 0 Å². The highest BCUT2D eigenvalue weighted by molar-refractivity contribution is 5.87. The van der Waals surface area contributed by atoms with Crippen LogP contribution in [0, 0.1) is 11.3 Å². The van der Waals surface area contributed by atoms with Gasteiger partial charge in [-0.15, -0.1) is 0 Å². The second kappa shape index (κ2) is 4.88. The molecule has 0 fully saturated rings. The fraction of sp³-hybridized carbons (Fsp3) is 0. The van der Waals surface area contributed by atoms with Crippen LogP contribution in [-0.4, -0.2) is 26.0 Å². The molecule has 2 aromatic rings. The highest BCUT2D eigenvalue weighted by Gasteiger charge is 2.06. The van der Waals surface area contributed by atoms with E-state index in [1.54, 1.807) is 0 Å². The van der Waals surface area contributed by atoms with Gasteiger partial charge in [-0.2, -0.15) is 5.26 Å². The lowest BCUT2D eigenvalue weighted by atomic mass is 10.3. The number of carboxylic acid groups (broad SMARTS) is 1. The number of rotatable bonds is 3. The van der Waals surface area contributed by atoms with Crippen LogP contribution in [0.3, 0.4) is 0 Å². The first kappa shape index (κ1) is 11.5. The second-order valence-electron chi connectivity index (χ2n) is 3.17. The topological polar surface area (TPSA) is 109 Å². The summed E-state index contributed by atoms with van der Waals surface area (Å²) in [5.41, 5.74) is 0.175. The number of nitriles is 1. The Morgan fingerprint density at radius 1 is 1.28 bits per heavy atom. The molecular weight excluding hydrogens is 236 g/mol. The Hall–Kier alpha value is -3.01. The average Bonchev–Trinajstić information content (AvgIpc) is 2.40. The summed E-state index contributed by atoms with van der Waals surface area (Å²) < 4.78 is 5.26. The van der Waals surface area contributed by atoms with Gasteiger partial charge in [0.15, 0.2) is 5.69 Å². The lowest BCUT2D eigenvalue weighted by Gasteiger charge is -2.03. The van der Waals surface area contributed by atoms with Crippen molar-refractivity contribution in [1.29, 1.82) is 5.26 Å². The van der Waals surface area contributed by atoms with Crippen LogP contribution in [0.1, 0.15) is 16.1 Å². The van der Waals surface area contributed by atoms with E-state index in [1.165, 1.54) is 30.9 Å². The summed E-state index contributed by atoms with van der Waals surface area (Å²) in [5, 5.41) is 17.3. The van der Waals surface area contributed by atoms with E-state index in [0.29, 0.717) is 0 Å². The van der Waals surface area contributed by atoms with E-state index in [2.05, 4.69) is 15.0 Å². The summed E-state index contributed by atoms with van der Waals surface area (Å²) in [5.74, 6) is -0.717. The van der Waals surface area contributed by atoms with Gasteiger partial charge in [0.1, 0.15) is 11.8 Å². The summed E-state index contributed by atoms with van der Waals surface area (Å²) in [6, 6.07) is 3.14. The number of aromatic nitrogens is 3. The molecule has 2 heterocycles. The monoisotopic (exact) mass is 242 g/mol. The SMILES string of the molecule is N#Cc1cnc(Oc2cncc(C(=O)O)c2)cn1. The molecule has 0 atom stereocenters. The van der Waals surface area contributed by atoms with Gasteiger partial charge in [-0.05, 0) is 6.07 Å². The summed E-state index contributed by atoms with van der Waals surface area (Å²) in [6.07, 6.45) is 5.09. The normalized spacial score (nSPS) is 9.50. The maximum Gasteiger partial charge on any atom is 0.337 e. The molecule has 2 aromatic heterocycles. The minimum atomic E-state index is -1.10. The number of carbonyl (C=O) groups is 1. The molecule has 18 heavy (non-hydrogen) atoms. The second-order valence-corrected chi connectivity index (χ2v) is 3.17. The zero-order valence-electron chi connectivity index (χ0n) is 8.94. The molecule has 1 N–H and O–H groups in total. The van der Waals surface area contributed by atoms with Gasteiger partial charge in [0, 0.05) is 6.20 Å². The van der Waals surface area contributed by atoms with Gasteiger partial charge in [0.05, 0.1) is 24.2 Å². The highest BCUT2D eigenvalue weighted by atomic mass is 16.5. The smallest absolute Gasteiger partial charge is 0.337 e. The first-order valence-electron chi connectivity index (χ1n) is 4.77. The molecular formula is C11H6N4O3. The largest absolute Gasteiger partial charge is 0.478 e. The van der Waals surface area contributed by atoms with Gasteiger partial charge in [0.2, 0.25) is 5.88 Å². The van der Waals surface area contributed by atoms with E-state index in [1.807, 2.05) is 6.07 Å². The van der Waals surface area contributed by atoms with Crippen LogP contribution in [0.15, 0.2) is 30.9 Å². The summed E-state index contributed by atoms with van der Waals surface area (Å²) in [4.78, 5) is 22.1. The van der Waals surface area contributed by atoms with Crippen molar-refractivity contribution in [1.82, 2.24) is 15.0 Å². The van der Waals surface area contributed by atoms with Gasteiger partial charge >= 0.3 is 5.97 Å². The standard InChI is InChI=1S/C11H6N4O3/c12-2-8-4-15-10(6-14-8)18-9-1-7(11(16)17)3-13-5-9/h1,3-6H,(H,16,17). The van der Waals surface area contributed by atoms with Crippen molar-refractivity contribution in [3.8, 4) is 17.7 Å². The highest BCUT2D eigenvalue weighted by Crippen LogP contribution is 2.18. The Bertz CT molecular complexity index is 619. The van der Waals surface area contributed by atoms with Gasteiger partial charge in [0.25, 0.3) is 0 Å². The minimum Gasteiger partial charge on any atom is -0.478 e. The molecule has 0 aliphatic heterocycles. The zero-order chi connectivity index (χ0) is 13.0. The van der Waals surface area contributed by atoms with Crippen molar-refractivity contribution in [3.63, 3.8) is 0 Å². The molecule has 7 heteroatoms. The van der Waals surface area contributed by atoms with Crippen LogP contribution in [0.2, 0.25) is 0 Å². The Morgan fingerprint density at radius 2 is 2.11 bits per heavy atom. The van der Waals surface area contributed by atoms with Crippen molar-refractivity contribution >= 4 is 5.97 Å². The van der Waals surface area contributed by atoms with Gasteiger partial charge < -0.3 is 9.84 Å².